The number of amides is 1. The van der Waals surface area contributed by atoms with Crippen molar-refractivity contribution >= 4 is 5.91 Å². The van der Waals surface area contributed by atoms with Gasteiger partial charge in [-0.15, -0.1) is 0 Å². The van der Waals surface area contributed by atoms with Gasteiger partial charge in [-0.05, 0) is 49.2 Å². The Bertz CT molecular complexity index is 990. The van der Waals surface area contributed by atoms with E-state index in [1.54, 1.807) is 23.4 Å². The van der Waals surface area contributed by atoms with Crippen LogP contribution < -0.4 is 0 Å². The highest BCUT2D eigenvalue weighted by Gasteiger charge is 2.35. The Hall–Kier alpha value is -3.19. The van der Waals surface area contributed by atoms with E-state index in [-0.39, 0.29) is 5.91 Å². The summed E-state index contributed by atoms with van der Waals surface area (Å²) in [6, 6.07) is 11.4. The molecule has 1 amide bonds. The van der Waals surface area contributed by atoms with Crippen molar-refractivity contribution in [2.45, 2.75) is 24.9 Å². The van der Waals surface area contributed by atoms with E-state index in [0.717, 1.165) is 5.69 Å². The Morgan fingerprint density at radius 2 is 1.93 bits per heavy atom. The number of likely N-dealkylation sites (tertiary alicyclic amines) is 1. The van der Waals surface area contributed by atoms with E-state index in [1.807, 2.05) is 18.2 Å². The second-order valence-corrected chi connectivity index (χ2v) is 7.30. The van der Waals surface area contributed by atoms with E-state index < -0.39 is 11.4 Å². The molecule has 0 bridgehead atoms. The topological polar surface area (TPSA) is 79.2 Å². The minimum Gasteiger partial charge on any atom is -0.389 e. The molecule has 1 aliphatic rings. The molecular formula is C22H21FN4O2. The van der Waals surface area contributed by atoms with E-state index in [4.69, 9.17) is 0 Å². The Labute approximate surface area is 168 Å². The first-order valence-corrected chi connectivity index (χ1v) is 9.52. The van der Waals surface area contributed by atoms with Crippen molar-refractivity contribution in [3.63, 3.8) is 0 Å². The monoisotopic (exact) mass is 392 g/mol. The minimum atomic E-state index is -0.886. The molecular weight excluding hydrogens is 371 g/mol. The molecule has 3 aromatic rings. The van der Waals surface area contributed by atoms with Crippen molar-refractivity contribution in [1.82, 2.24) is 19.9 Å². The average Bonchev–Trinajstić information content (AvgIpc) is 2.75. The summed E-state index contributed by atoms with van der Waals surface area (Å²) >= 11 is 0. The molecule has 1 saturated heterocycles. The summed E-state index contributed by atoms with van der Waals surface area (Å²) in [4.78, 5) is 27.2. The molecule has 7 heteroatoms. The maximum absolute atomic E-state index is 13.8. The third-order valence-corrected chi connectivity index (χ3v) is 5.29. The lowest BCUT2D eigenvalue weighted by Gasteiger charge is -2.38. The molecule has 0 aliphatic carbocycles. The van der Waals surface area contributed by atoms with Crippen LogP contribution in [0.3, 0.4) is 0 Å². The molecule has 0 saturated carbocycles. The molecule has 1 aliphatic heterocycles. The molecule has 2 aromatic heterocycles. The first-order valence-electron chi connectivity index (χ1n) is 9.52. The summed E-state index contributed by atoms with van der Waals surface area (Å²) in [7, 11) is 0. The van der Waals surface area contributed by atoms with Crippen LogP contribution in [0.1, 0.15) is 28.9 Å². The number of nitrogens with zero attached hydrogens (tertiary/aromatic N) is 4. The van der Waals surface area contributed by atoms with Gasteiger partial charge in [0, 0.05) is 48.7 Å². The van der Waals surface area contributed by atoms with Crippen LogP contribution in [-0.2, 0) is 6.42 Å². The lowest BCUT2D eigenvalue weighted by molar-refractivity contribution is -0.0168. The predicted molar refractivity (Wildman–Crippen MR) is 105 cm³/mol. The second-order valence-electron chi connectivity index (χ2n) is 7.30. The second kappa shape index (κ2) is 8.05. The normalized spacial score (nSPS) is 15.9. The van der Waals surface area contributed by atoms with Crippen LogP contribution in [-0.4, -0.2) is 49.6 Å². The SMILES string of the molecule is O=C(c1ccc(F)cc1-c1ccncn1)N1CCC(O)(Cc2ccccn2)CC1. The smallest absolute Gasteiger partial charge is 0.254 e. The number of pyridine rings is 1. The highest BCUT2D eigenvalue weighted by atomic mass is 19.1. The van der Waals surface area contributed by atoms with Gasteiger partial charge in [-0.3, -0.25) is 9.78 Å². The zero-order chi connectivity index (χ0) is 20.3. The van der Waals surface area contributed by atoms with Crippen LogP contribution in [0.4, 0.5) is 4.39 Å². The van der Waals surface area contributed by atoms with E-state index in [1.165, 1.54) is 24.5 Å². The number of piperidine rings is 1. The lowest BCUT2D eigenvalue weighted by atomic mass is 9.86. The van der Waals surface area contributed by atoms with Gasteiger partial charge in [-0.2, -0.15) is 0 Å². The van der Waals surface area contributed by atoms with E-state index >= 15 is 0 Å². The number of carbonyl (C=O) groups is 1. The largest absolute Gasteiger partial charge is 0.389 e. The number of halogens is 1. The summed E-state index contributed by atoms with van der Waals surface area (Å²) in [5.74, 6) is -0.628. The molecule has 0 unspecified atom stereocenters. The molecule has 6 nitrogen and oxygen atoms in total. The molecule has 4 rings (SSSR count). The average molecular weight is 392 g/mol. The van der Waals surface area contributed by atoms with Crippen molar-refractivity contribution in [3.8, 4) is 11.3 Å². The zero-order valence-electron chi connectivity index (χ0n) is 15.8. The Kier molecular flexibility index (Phi) is 5.31. The van der Waals surface area contributed by atoms with Crippen LogP contribution in [0.25, 0.3) is 11.3 Å². The maximum Gasteiger partial charge on any atom is 0.254 e. The van der Waals surface area contributed by atoms with Gasteiger partial charge >= 0.3 is 0 Å². The Morgan fingerprint density at radius 1 is 1.10 bits per heavy atom. The standard InChI is InChI=1S/C22H21FN4O2/c23-16-4-5-18(19(13-16)20-6-10-24-15-26-20)21(28)27-11-7-22(29,8-12-27)14-17-3-1-2-9-25-17/h1-6,9-10,13,15,29H,7-8,11-12,14H2. The van der Waals surface area contributed by atoms with Crippen LogP contribution in [0.5, 0.6) is 0 Å². The van der Waals surface area contributed by atoms with Crippen molar-refractivity contribution < 1.29 is 14.3 Å². The van der Waals surface area contributed by atoms with Crippen LogP contribution in [0.15, 0.2) is 61.2 Å². The molecule has 29 heavy (non-hydrogen) atoms. The molecule has 0 atom stereocenters. The van der Waals surface area contributed by atoms with Gasteiger partial charge in [0.2, 0.25) is 0 Å². The van der Waals surface area contributed by atoms with Crippen LogP contribution in [0.2, 0.25) is 0 Å². The number of hydrogen-bond acceptors (Lipinski definition) is 5. The molecule has 0 radical (unpaired) electrons. The molecule has 1 fully saturated rings. The fourth-order valence-corrected chi connectivity index (χ4v) is 3.68. The van der Waals surface area contributed by atoms with Gasteiger partial charge in [0.05, 0.1) is 11.3 Å². The quantitative estimate of drug-likeness (QED) is 0.739. The molecule has 1 aromatic carbocycles. The highest BCUT2D eigenvalue weighted by molar-refractivity contribution is 6.00. The van der Waals surface area contributed by atoms with Gasteiger partial charge in [0.25, 0.3) is 5.91 Å². The molecule has 1 N–H and O–H groups in total. The fraction of sp³-hybridized carbons (Fsp3) is 0.273. The summed E-state index contributed by atoms with van der Waals surface area (Å²) in [6.07, 6.45) is 6.01. The molecule has 0 spiro atoms. The van der Waals surface area contributed by atoms with E-state index in [2.05, 4.69) is 15.0 Å². The number of aliphatic hydroxyl groups is 1. The zero-order valence-corrected chi connectivity index (χ0v) is 15.8. The fourth-order valence-electron chi connectivity index (χ4n) is 3.68. The van der Waals surface area contributed by atoms with Gasteiger partial charge in [0.15, 0.2) is 0 Å². The van der Waals surface area contributed by atoms with Gasteiger partial charge in [-0.1, -0.05) is 6.07 Å². The van der Waals surface area contributed by atoms with Gasteiger partial charge < -0.3 is 10.0 Å². The summed E-state index contributed by atoms with van der Waals surface area (Å²) in [5.41, 5.74) is 1.27. The maximum atomic E-state index is 13.8. The van der Waals surface area contributed by atoms with Gasteiger partial charge in [0.1, 0.15) is 12.1 Å². The molecule has 3 heterocycles. The number of hydrogen-bond donors (Lipinski definition) is 1. The summed E-state index contributed by atoms with van der Waals surface area (Å²) in [5, 5.41) is 10.9. The first-order chi connectivity index (χ1) is 14.0. The van der Waals surface area contributed by atoms with Crippen molar-refractivity contribution in [3.05, 3.63) is 78.3 Å². The Morgan fingerprint density at radius 3 is 2.62 bits per heavy atom. The van der Waals surface area contributed by atoms with Crippen LogP contribution in [0, 0.1) is 5.82 Å². The number of aromatic nitrogens is 3. The third-order valence-electron chi connectivity index (χ3n) is 5.29. The number of rotatable bonds is 4. The van der Waals surface area contributed by atoms with E-state index in [0.29, 0.717) is 49.2 Å². The van der Waals surface area contributed by atoms with Crippen molar-refractivity contribution in [2.24, 2.45) is 0 Å². The lowest BCUT2D eigenvalue weighted by Crippen LogP contribution is -2.48. The van der Waals surface area contributed by atoms with E-state index in [9.17, 15) is 14.3 Å². The molecule has 148 valence electrons. The van der Waals surface area contributed by atoms with Crippen molar-refractivity contribution in [2.75, 3.05) is 13.1 Å². The van der Waals surface area contributed by atoms with Crippen LogP contribution >= 0.6 is 0 Å². The highest BCUT2D eigenvalue weighted by Crippen LogP contribution is 2.29. The minimum absolute atomic E-state index is 0.196. The number of carbonyl (C=O) groups excluding carboxylic acids is 1. The Balaban J connectivity index is 1.51. The first kappa shape index (κ1) is 19.1. The van der Waals surface area contributed by atoms with Gasteiger partial charge in [-0.25, -0.2) is 14.4 Å². The number of benzene rings is 1. The van der Waals surface area contributed by atoms with Crippen molar-refractivity contribution in [1.29, 1.82) is 0 Å². The summed E-state index contributed by atoms with van der Waals surface area (Å²) in [6.45, 7) is 0.839. The third kappa shape index (κ3) is 4.30. The summed E-state index contributed by atoms with van der Waals surface area (Å²) < 4.78 is 13.8. The predicted octanol–water partition coefficient (Wildman–Crippen LogP) is 2.89.